The lowest BCUT2D eigenvalue weighted by atomic mass is 9.53. The Morgan fingerprint density at radius 3 is 2.32 bits per heavy atom. The van der Waals surface area contributed by atoms with Gasteiger partial charge >= 0.3 is 0 Å². The van der Waals surface area contributed by atoms with Gasteiger partial charge in [0.1, 0.15) is 0 Å². The largest absolute Gasteiger partial charge is 0.311 e. The van der Waals surface area contributed by atoms with E-state index in [-0.39, 0.29) is 5.56 Å². The van der Waals surface area contributed by atoms with E-state index in [1.165, 1.54) is 38.5 Å². The molecule has 0 unspecified atom stereocenters. The maximum Gasteiger partial charge on any atom is 0.274 e. The van der Waals surface area contributed by atoms with Gasteiger partial charge in [-0.3, -0.25) is 4.79 Å². The molecule has 4 saturated carbocycles. The highest BCUT2D eigenvalue weighted by atomic mass is 16.1. The molecule has 1 heterocycles. The predicted octanol–water partition coefficient (Wildman–Crippen LogP) is 4.25. The fourth-order valence-electron chi connectivity index (χ4n) is 6.52. The number of nitrogens with zero attached hydrogens (tertiary/aromatic N) is 2. The molecule has 1 aromatic heterocycles. The molecule has 1 aromatic carbocycles. The van der Waals surface area contributed by atoms with Crippen molar-refractivity contribution >= 4 is 0 Å². The summed E-state index contributed by atoms with van der Waals surface area (Å²) in [4.78, 5) is 12.7. The molecule has 4 fully saturated rings. The van der Waals surface area contributed by atoms with Gasteiger partial charge in [0.2, 0.25) is 0 Å². The first-order valence-electron chi connectivity index (χ1n) is 11.1. The molecule has 0 amide bonds. The van der Waals surface area contributed by atoms with Crippen molar-refractivity contribution in [2.45, 2.75) is 63.5 Å². The molecule has 4 nitrogen and oxygen atoms in total. The third-order valence-electron chi connectivity index (χ3n) is 7.33. The minimum Gasteiger partial charge on any atom is -0.311 e. The SMILES string of the molecule is O=c1c(-c2ccccc2)ccnn1CCCCNC12CC3CC(CC(C3)C1)C2. The summed E-state index contributed by atoms with van der Waals surface area (Å²) >= 11 is 0. The van der Waals surface area contributed by atoms with E-state index < -0.39 is 0 Å². The van der Waals surface area contributed by atoms with Crippen molar-refractivity contribution in [3.63, 3.8) is 0 Å². The Bertz CT molecular complexity index is 838. The molecule has 4 heteroatoms. The Hall–Kier alpha value is -1.94. The van der Waals surface area contributed by atoms with Crippen LogP contribution in [0.1, 0.15) is 51.4 Å². The lowest BCUT2D eigenvalue weighted by Gasteiger charge is -2.57. The number of nitrogens with one attached hydrogen (secondary N) is 1. The van der Waals surface area contributed by atoms with E-state index in [0.29, 0.717) is 12.1 Å². The summed E-state index contributed by atoms with van der Waals surface area (Å²) in [5.74, 6) is 2.96. The van der Waals surface area contributed by atoms with Crippen LogP contribution in [0.15, 0.2) is 47.4 Å². The van der Waals surface area contributed by atoms with Crippen LogP contribution in [0.3, 0.4) is 0 Å². The zero-order valence-corrected chi connectivity index (χ0v) is 16.6. The number of rotatable bonds is 7. The minimum atomic E-state index is 0.0164. The average Bonchev–Trinajstić information content (AvgIpc) is 2.68. The van der Waals surface area contributed by atoms with Crippen LogP contribution in [0, 0.1) is 17.8 Å². The Morgan fingerprint density at radius 2 is 1.64 bits per heavy atom. The maximum absolute atomic E-state index is 12.7. The highest BCUT2D eigenvalue weighted by Crippen LogP contribution is 2.55. The third kappa shape index (κ3) is 3.55. The lowest BCUT2D eigenvalue weighted by Crippen LogP contribution is -2.58. The molecule has 0 radical (unpaired) electrons. The predicted molar refractivity (Wildman–Crippen MR) is 112 cm³/mol. The molecule has 0 aliphatic heterocycles. The van der Waals surface area contributed by atoms with E-state index in [1.807, 2.05) is 36.4 Å². The molecular formula is C24H31N3O. The second-order valence-electron chi connectivity index (χ2n) is 9.47. The van der Waals surface area contributed by atoms with Gasteiger partial charge in [-0.25, -0.2) is 4.68 Å². The molecule has 148 valence electrons. The second-order valence-corrected chi connectivity index (χ2v) is 9.47. The van der Waals surface area contributed by atoms with Crippen LogP contribution in [0.25, 0.3) is 11.1 Å². The van der Waals surface area contributed by atoms with Crippen molar-refractivity contribution < 1.29 is 0 Å². The smallest absolute Gasteiger partial charge is 0.274 e. The summed E-state index contributed by atoms with van der Waals surface area (Å²) in [5.41, 5.74) is 2.16. The first-order valence-corrected chi connectivity index (χ1v) is 11.1. The average molecular weight is 378 g/mol. The van der Waals surface area contributed by atoms with Crippen molar-refractivity contribution in [2.24, 2.45) is 17.8 Å². The van der Waals surface area contributed by atoms with Crippen molar-refractivity contribution in [1.29, 1.82) is 0 Å². The number of hydrogen-bond donors (Lipinski definition) is 1. The fourth-order valence-corrected chi connectivity index (χ4v) is 6.52. The number of aryl methyl sites for hydroxylation is 1. The van der Waals surface area contributed by atoms with Crippen LogP contribution in [0.5, 0.6) is 0 Å². The summed E-state index contributed by atoms with van der Waals surface area (Å²) in [6.45, 7) is 1.77. The van der Waals surface area contributed by atoms with E-state index in [1.54, 1.807) is 10.9 Å². The van der Waals surface area contributed by atoms with Crippen molar-refractivity contribution in [1.82, 2.24) is 15.1 Å². The van der Waals surface area contributed by atoms with Gasteiger partial charge < -0.3 is 5.32 Å². The highest BCUT2D eigenvalue weighted by Gasteiger charge is 2.50. The van der Waals surface area contributed by atoms with Crippen LogP contribution < -0.4 is 10.9 Å². The van der Waals surface area contributed by atoms with E-state index in [0.717, 1.165) is 48.3 Å². The van der Waals surface area contributed by atoms with Crippen LogP contribution in [0.2, 0.25) is 0 Å². The van der Waals surface area contributed by atoms with Crippen LogP contribution in [-0.4, -0.2) is 21.9 Å². The zero-order chi connectivity index (χ0) is 19.0. The first kappa shape index (κ1) is 18.1. The molecule has 4 aliphatic rings. The van der Waals surface area contributed by atoms with Crippen LogP contribution >= 0.6 is 0 Å². The van der Waals surface area contributed by atoms with E-state index in [2.05, 4.69) is 10.4 Å². The summed E-state index contributed by atoms with van der Waals surface area (Å²) in [7, 11) is 0. The molecule has 2 aromatic rings. The van der Waals surface area contributed by atoms with Gasteiger partial charge in [0.05, 0.1) is 5.56 Å². The molecule has 0 atom stereocenters. The van der Waals surface area contributed by atoms with Crippen LogP contribution in [-0.2, 0) is 6.54 Å². The van der Waals surface area contributed by atoms with E-state index in [4.69, 9.17) is 0 Å². The summed E-state index contributed by atoms with van der Waals surface area (Å²) in [6, 6.07) is 11.7. The Kier molecular flexibility index (Phi) is 4.83. The van der Waals surface area contributed by atoms with Gasteiger partial charge in [0.15, 0.2) is 0 Å². The van der Waals surface area contributed by atoms with Gasteiger partial charge in [-0.2, -0.15) is 5.10 Å². The summed E-state index contributed by atoms with van der Waals surface area (Å²) in [6.07, 6.45) is 12.5. The highest BCUT2D eigenvalue weighted by molar-refractivity contribution is 5.61. The van der Waals surface area contributed by atoms with Gasteiger partial charge in [-0.1, -0.05) is 30.3 Å². The minimum absolute atomic E-state index is 0.0164. The number of unbranched alkanes of at least 4 members (excludes halogenated alkanes) is 1. The first-order chi connectivity index (χ1) is 13.7. The van der Waals surface area contributed by atoms with Gasteiger partial charge in [-0.15, -0.1) is 0 Å². The maximum atomic E-state index is 12.7. The van der Waals surface area contributed by atoms with Gasteiger partial charge in [-0.05, 0) is 87.3 Å². The molecule has 4 bridgehead atoms. The number of benzene rings is 1. The van der Waals surface area contributed by atoms with Crippen molar-refractivity contribution in [2.75, 3.05) is 6.54 Å². The fraction of sp³-hybridized carbons (Fsp3) is 0.583. The van der Waals surface area contributed by atoms with Crippen molar-refractivity contribution in [3.8, 4) is 11.1 Å². The van der Waals surface area contributed by atoms with E-state index in [9.17, 15) is 4.79 Å². The summed E-state index contributed by atoms with van der Waals surface area (Å²) < 4.78 is 1.63. The normalized spacial score (nSPS) is 30.6. The standard InChI is InChI=1S/C24H31N3O/c28-23-22(21-6-2-1-3-7-21)8-10-26-27(23)11-5-4-9-25-24-15-18-12-19(16-24)14-20(13-18)17-24/h1-3,6-8,10,18-20,25H,4-5,9,11-17H2. The molecule has 6 rings (SSSR count). The molecule has 0 spiro atoms. The Balaban J connectivity index is 1.15. The Labute approximate surface area is 167 Å². The molecular weight excluding hydrogens is 346 g/mol. The zero-order valence-electron chi connectivity index (χ0n) is 16.6. The van der Waals surface area contributed by atoms with Gasteiger partial charge in [0.25, 0.3) is 5.56 Å². The molecule has 1 N–H and O–H groups in total. The monoisotopic (exact) mass is 377 g/mol. The molecule has 0 saturated heterocycles. The number of aromatic nitrogens is 2. The summed E-state index contributed by atoms with van der Waals surface area (Å²) in [5, 5.41) is 8.26. The van der Waals surface area contributed by atoms with Crippen molar-refractivity contribution in [3.05, 3.63) is 52.9 Å². The quantitative estimate of drug-likeness (QED) is 0.734. The second kappa shape index (κ2) is 7.47. The third-order valence-corrected chi connectivity index (χ3v) is 7.33. The van der Waals surface area contributed by atoms with Crippen LogP contribution in [0.4, 0.5) is 0 Å². The van der Waals surface area contributed by atoms with Gasteiger partial charge in [0, 0.05) is 18.3 Å². The lowest BCUT2D eigenvalue weighted by molar-refractivity contribution is -0.0196. The Morgan fingerprint density at radius 1 is 0.964 bits per heavy atom. The topological polar surface area (TPSA) is 46.9 Å². The van der Waals surface area contributed by atoms with E-state index >= 15 is 0 Å². The number of hydrogen-bond acceptors (Lipinski definition) is 3. The molecule has 28 heavy (non-hydrogen) atoms. The molecule has 4 aliphatic carbocycles.